The summed E-state index contributed by atoms with van der Waals surface area (Å²) in [5.41, 5.74) is 8.45. The molecule has 2 N–H and O–H groups in total. The molecule has 1 aromatic rings. The Morgan fingerprint density at radius 3 is 2.77 bits per heavy atom. The van der Waals surface area contributed by atoms with E-state index in [9.17, 15) is 10.1 Å². The lowest BCUT2D eigenvalue weighted by molar-refractivity contribution is -0.136. The predicted octanol–water partition coefficient (Wildman–Crippen LogP) is 4.73. The first-order chi connectivity index (χ1) is 12.4. The highest BCUT2D eigenvalue weighted by molar-refractivity contribution is 7.16. The van der Waals surface area contributed by atoms with Crippen LogP contribution in [0.1, 0.15) is 68.4 Å². The van der Waals surface area contributed by atoms with Crippen molar-refractivity contribution in [2.45, 2.75) is 65.2 Å². The fourth-order valence-electron chi connectivity index (χ4n) is 7.52. The van der Waals surface area contributed by atoms with Crippen LogP contribution in [0.25, 0.3) is 0 Å². The first kappa shape index (κ1) is 16.8. The summed E-state index contributed by atoms with van der Waals surface area (Å²) >= 11 is 1.66. The molecule has 0 bridgehead atoms. The molecule has 3 fully saturated rings. The predicted molar refractivity (Wildman–Crippen MR) is 104 cm³/mol. The maximum Gasteiger partial charge on any atom is 0.139 e. The number of rotatable bonds is 0. The molecular weight excluding hydrogens is 340 g/mol. The van der Waals surface area contributed by atoms with Gasteiger partial charge in [0.25, 0.3) is 0 Å². The Labute approximate surface area is 160 Å². The van der Waals surface area contributed by atoms with Crippen molar-refractivity contribution in [2.24, 2.45) is 34.5 Å². The summed E-state index contributed by atoms with van der Waals surface area (Å²) < 4.78 is 0. The van der Waals surface area contributed by atoms with Gasteiger partial charge in [0.1, 0.15) is 16.9 Å². The van der Waals surface area contributed by atoms with Gasteiger partial charge in [0, 0.05) is 16.7 Å². The maximum absolute atomic E-state index is 12.6. The molecule has 4 aliphatic carbocycles. The minimum absolute atomic E-state index is 0.0362. The maximum atomic E-state index is 12.6. The molecular formula is C22H28N2OS. The highest BCUT2D eigenvalue weighted by Gasteiger charge is 2.60. The van der Waals surface area contributed by atoms with Crippen molar-refractivity contribution in [1.29, 1.82) is 5.26 Å². The molecule has 4 aliphatic rings. The van der Waals surface area contributed by atoms with E-state index in [1.807, 2.05) is 0 Å². The van der Waals surface area contributed by atoms with E-state index >= 15 is 0 Å². The third-order valence-electron chi connectivity index (χ3n) is 9.00. The molecule has 3 saturated carbocycles. The van der Waals surface area contributed by atoms with E-state index in [1.54, 1.807) is 11.3 Å². The summed E-state index contributed by atoms with van der Waals surface area (Å²) in [7, 11) is 0. The fourth-order valence-corrected chi connectivity index (χ4v) is 8.75. The van der Waals surface area contributed by atoms with Crippen molar-refractivity contribution in [3.8, 4) is 6.07 Å². The molecule has 6 atom stereocenters. The number of nitrogen functional groups attached to an aromatic ring is 1. The van der Waals surface area contributed by atoms with Gasteiger partial charge in [-0.3, -0.25) is 4.79 Å². The SMILES string of the molecule is C[C@]12Cc3sc(N)c(C#N)c3C[C@@H]1CC[C@H]1[C@H]2CC[C@@]2(C)C(=O)CC[C@@H]12. The molecule has 0 radical (unpaired) electrons. The minimum atomic E-state index is -0.0362. The van der Waals surface area contributed by atoms with E-state index in [4.69, 9.17) is 5.73 Å². The summed E-state index contributed by atoms with van der Waals surface area (Å²) in [6.45, 7) is 4.77. The van der Waals surface area contributed by atoms with Crippen LogP contribution in [0.2, 0.25) is 0 Å². The summed E-state index contributed by atoms with van der Waals surface area (Å²) in [5.74, 6) is 3.25. The topological polar surface area (TPSA) is 66.9 Å². The molecule has 0 spiro atoms. The summed E-state index contributed by atoms with van der Waals surface area (Å²) in [5, 5.41) is 10.2. The zero-order valence-electron chi connectivity index (χ0n) is 15.8. The van der Waals surface area contributed by atoms with Gasteiger partial charge in [-0.25, -0.2) is 0 Å². The average molecular weight is 369 g/mol. The standard InChI is InChI=1S/C22H28N2OS/c1-21-8-7-17-13(16(21)5-6-19(21)25)4-3-12-9-14-15(11-23)20(24)26-18(14)10-22(12,17)2/h12-13,16-17H,3-10,24H2,1-2H3/t12-,13+,16-,17+,21+,22-/m0/s1. The van der Waals surface area contributed by atoms with Gasteiger partial charge in [-0.05, 0) is 79.6 Å². The summed E-state index contributed by atoms with van der Waals surface area (Å²) in [6, 6.07) is 2.36. The van der Waals surface area contributed by atoms with Crippen molar-refractivity contribution in [1.82, 2.24) is 0 Å². The van der Waals surface area contributed by atoms with E-state index in [0.29, 0.717) is 28.0 Å². The number of carbonyl (C=O) groups excluding carboxylic acids is 1. The number of fused-ring (bicyclic) bond motifs is 6. The highest BCUT2D eigenvalue weighted by Crippen LogP contribution is 2.65. The fraction of sp³-hybridized carbons (Fsp3) is 0.727. The third-order valence-corrected chi connectivity index (χ3v) is 10.1. The normalized spacial score (nSPS) is 43.8. The van der Waals surface area contributed by atoms with Crippen LogP contribution in [0.4, 0.5) is 5.00 Å². The lowest BCUT2D eigenvalue weighted by atomic mass is 9.45. The molecule has 5 rings (SSSR count). The number of Topliss-reactive ketones (excluding diaryl/α,β-unsaturated/α-hetero) is 1. The number of nitrogens with zero attached hydrogens (tertiary/aromatic N) is 1. The van der Waals surface area contributed by atoms with Crippen molar-refractivity contribution >= 4 is 22.1 Å². The van der Waals surface area contributed by atoms with Gasteiger partial charge in [-0.15, -0.1) is 11.3 Å². The van der Waals surface area contributed by atoms with Crippen LogP contribution in [0.5, 0.6) is 0 Å². The van der Waals surface area contributed by atoms with Gasteiger partial charge >= 0.3 is 0 Å². The van der Waals surface area contributed by atoms with Crippen molar-refractivity contribution in [2.75, 3.05) is 5.73 Å². The molecule has 0 saturated heterocycles. The largest absolute Gasteiger partial charge is 0.389 e. The van der Waals surface area contributed by atoms with Crippen LogP contribution < -0.4 is 5.73 Å². The number of carbonyl (C=O) groups is 1. The molecule has 0 unspecified atom stereocenters. The minimum Gasteiger partial charge on any atom is -0.389 e. The molecule has 0 aromatic carbocycles. The molecule has 1 aromatic heterocycles. The summed E-state index contributed by atoms with van der Waals surface area (Å²) in [6.07, 6.45) is 8.86. The molecule has 138 valence electrons. The number of hydrogen-bond donors (Lipinski definition) is 1. The Balaban J connectivity index is 1.52. The molecule has 3 nitrogen and oxygen atoms in total. The number of thiophene rings is 1. The second-order valence-electron chi connectivity index (χ2n) is 9.81. The zero-order chi connectivity index (χ0) is 18.3. The number of hydrogen-bond acceptors (Lipinski definition) is 4. The van der Waals surface area contributed by atoms with E-state index < -0.39 is 0 Å². The molecule has 1 heterocycles. The number of nitrogens with two attached hydrogens (primary N) is 1. The van der Waals surface area contributed by atoms with Gasteiger partial charge in [0.2, 0.25) is 0 Å². The van der Waals surface area contributed by atoms with Gasteiger partial charge in [0.15, 0.2) is 0 Å². The smallest absolute Gasteiger partial charge is 0.139 e. The molecule has 26 heavy (non-hydrogen) atoms. The zero-order valence-corrected chi connectivity index (χ0v) is 16.6. The molecule has 0 amide bonds. The quantitative estimate of drug-likeness (QED) is 0.720. The van der Waals surface area contributed by atoms with Gasteiger partial charge < -0.3 is 5.73 Å². The second kappa shape index (κ2) is 5.35. The van der Waals surface area contributed by atoms with Gasteiger partial charge in [-0.2, -0.15) is 5.26 Å². The van der Waals surface area contributed by atoms with Crippen molar-refractivity contribution < 1.29 is 4.79 Å². The Bertz CT molecular complexity index is 836. The van der Waals surface area contributed by atoms with Crippen molar-refractivity contribution in [3.05, 3.63) is 16.0 Å². The third kappa shape index (κ3) is 1.96. The summed E-state index contributed by atoms with van der Waals surface area (Å²) in [4.78, 5) is 13.9. The Morgan fingerprint density at radius 1 is 1.19 bits per heavy atom. The number of nitriles is 1. The lowest BCUT2D eigenvalue weighted by Gasteiger charge is -2.59. The van der Waals surface area contributed by atoms with E-state index in [-0.39, 0.29) is 5.41 Å². The Hall–Kier alpha value is -1.34. The van der Waals surface area contributed by atoms with Crippen molar-refractivity contribution in [3.63, 3.8) is 0 Å². The van der Waals surface area contributed by atoms with Crippen LogP contribution in [0.15, 0.2) is 0 Å². The Morgan fingerprint density at radius 2 is 2.00 bits per heavy atom. The van der Waals surface area contributed by atoms with Gasteiger partial charge in [0.05, 0.1) is 5.56 Å². The van der Waals surface area contributed by atoms with Crippen LogP contribution in [-0.2, 0) is 17.6 Å². The van der Waals surface area contributed by atoms with Crippen LogP contribution >= 0.6 is 11.3 Å². The van der Waals surface area contributed by atoms with E-state index in [2.05, 4.69) is 19.9 Å². The molecule has 4 heteroatoms. The van der Waals surface area contributed by atoms with E-state index in [1.165, 1.54) is 29.7 Å². The number of ketones is 1. The average Bonchev–Trinajstić information content (AvgIpc) is 3.07. The van der Waals surface area contributed by atoms with Gasteiger partial charge in [-0.1, -0.05) is 13.8 Å². The van der Waals surface area contributed by atoms with Crippen LogP contribution in [0.3, 0.4) is 0 Å². The van der Waals surface area contributed by atoms with E-state index in [0.717, 1.165) is 49.5 Å². The van der Waals surface area contributed by atoms with Crippen LogP contribution in [-0.4, -0.2) is 5.78 Å². The molecule has 0 aliphatic heterocycles. The van der Waals surface area contributed by atoms with Crippen LogP contribution in [0, 0.1) is 45.8 Å². The highest BCUT2D eigenvalue weighted by atomic mass is 32.1. The monoisotopic (exact) mass is 368 g/mol. The number of anilines is 1. The first-order valence-corrected chi connectivity index (χ1v) is 11.0. The Kier molecular flexibility index (Phi) is 3.46. The lowest BCUT2D eigenvalue weighted by Crippen LogP contribution is -2.54. The second-order valence-corrected chi connectivity index (χ2v) is 10.9. The first-order valence-electron chi connectivity index (χ1n) is 10.2.